The molecule has 2 rings (SSSR count). The smallest absolute Gasteiger partial charge is 0.303 e. The van der Waals surface area contributed by atoms with Crippen molar-refractivity contribution in [3.05, 3.63) is 0 Å². The first-order valence-electron chi connectivity index (χ1n) is 33.4. The summed E-state index contributed by atoms with van der Waals surface area (Å²) >= 11 is 0. The molecule has 0 saturated carbocycles. The largest absolute Gasteiger partial charge is 0.481 e. The van der Waals surface area contributed by atoms with Crippen molar-refractivity contribution < 1.29 is 39.1 Å². The molecule has 0 radical (unpaired) electrons. The number of carboxylic acids is 1. The van der Waals surface area contributed by atoms with E-state index in [1.54, 1.807) is 7.11 Å². The van der Waals surface area contributed by atoms with Gasteiger partial charge in [0.25, 0.3) is 0 Å². The lowest BCUT2D eigenvalue weighted by Gasteiger charge is -2.27. The summed E-state index contributed by atoms with van der Waals surface area (Å²) in [4.78, 5) is 26.3. The zero-order chi connectivity index (χ0) is 56.4. The van der Waals surface area contributed by atoms with Crippen LogP contribution < -0.4 is 0 Å². The number of unbranched alkanes of at least 4 members (excludes halogenated alkanes) is 31. The van der Waals surface area contributed by atoms with Crippen LogP contribution >= 0.6 is 0 Å². The van der Waals surface area contributed by atoms with Crippen molar-refractivity contribution in [2.24, 2.45) is 5.92 Å². The Morgan fingerprint density at radius 2 is 0.908 bits per heavy atom. The van der Waals surface area contributed by atoms with Crippen LogP contribution in [0.4, 0.5) is 0 Å². The number of fused-ring (bicyclic) bond motifs is 1. The van der Waals surface area contributed by atoms with Crippen LogP contribution in [0.5, 0.6) is 0 Å². The van der Waals surface area contributed by atoms with Gasteiger partial charge in [-0.2, -0.15) is 0 Å². The lowest BCUT2D eigenvalue weighted by Crippen LogP contribution is -2.38. The number of aliphatic hydroxyl groups excluding tert-OH is 2. The number of aldehydes is 1. The standard InChI is InChI=1S/C29H59NO2.C28H57NO3.C7H12O3.C2H6/c1-4-6-8-10-12-14-15-17-19-21-25-30(26-22-24-29(31)32)27-28(3)23-20-18-16-13-11-9-7-5-2;1-3-5-7-9-11-13-15-17-21-27(31)25-29(23-19-20-24-30)26-28(32)22-18-16-14-12-10-8-6-4-2;1-8-6-4-10-5-2-3-9-7(5)6;1-2/h28H,4-27H2,1-3H3,(H,31,32);24,27-28,31-32H,3-23,25-26H2,1-2H3;5-7H,2-4H2,1H3;1-2H3. The number of hydrogen-bond acceptors (Lipinski definition) is 9. The van der Waals surface area contributed by atoms with Crippen LogP contribution in [-0.4, -0.2) is 127 Å². The number of carbonyl (C=O) groups excluding carboxylic acids is 1. The molecule has 2 saturated heterocycles. The summed E-state index contributed by atoms with van der Waals surface area (Å²) in [6, 6.07) is 0. The summed E-state index contributed by atoms with van der Waals surface area (Å²) in [7, 11) is 1.71. The van der Waals surface area contributed by atoms with Gasteiger partial charge in [0.05, 0.1) is 24.9 Å². The van der Waals surface area contributed by atoms with Crippen molar-refractivity contribution >= 4 is 12.3 Å². The molecule has 0 aliphatic carbocycles. The van der Waals surface area contributed by atoms with Gasteiger partial charge in [-0.3, -0.25) is 9.69 Å². The van der Waals surface area contributed by atoms with Crippen molar-refractivity contribution in [2.75, 3.05) is 59.6 Å². The molecule has 10 heteroatoms. The Hall–Kier alpha value is -1.14. The first kappa shape index (κ1) is 76.9. The second-order valence-corrected chi connectivity index (χ2v) is 23.0. The second kappa shape index (κ2) is 61.5. The van der Waals surface area contributed by atoms with Gasteiger partial charge in [-0.15, -0.1) is 0 Å². The van der Waals surface area contributed by atoms with Crippen LogP contribution in [0.2, 0.25) is 0 Å². The van der Waals surface area contributed by atoms with Gasteiger partial charge in [-0.25, -0.2) is 0 Å². The number of nitrogens with zero attached hydrogens (tertiary/aromatic N) is 2. The zero-order valence-corrected chi connectivity index (χ0v) is 52.2. The van der Waals surface area contributed by atoms with E-state index in [4.69, 9.17) is 19.3 Å². The maximum atomic E-state index is 10.9. The molecular formula is C66H134N2O8. The van der Waals surface area contributed by atoms with E-state index in [0.717, 1.165) is 89.9 Å². The molecule has 76 heavy (non-hydrogen) atoms. The molecule has 2 heterocycles. The van der Waals surface area contributed by atoms with Crippen molar-refractivity contribution in [3.63, 3.8) is 0 Å². The van der Waals surface area contributed by atoms with Crippen LogP contribution in [0.1, 0.15) is 318 Å². The van der Waals surface area contributed by atoms with Gasteiger partial charge in [0.1, 0.15) is 18.5 Å². The fourth-order valence-corrected chi connectivity index (χ4v) is 10.8. The first-order valence-corrected chi connectivity index (χ1v) is 33.4. The van der Waals surface area contributed by atoms with E-state index in [9.17, 15) is 19.8 Å². The van der Waals surface area contributed by atoms with Gasteiger partial charge in [0, 0.05) is 46.2 Å². The molecule has 0 bridgehead atoms. The van der Waals surface area contributed by atoms with E-state index < -0.39 is 5.97 Å². The van der Waals surface area contributed by atoms with Crippen LogP contribution in [0.15, 0.2) is 0 Å². The summed E-state index contributed by atoms with van der Waals surface area (Å²) in [5.41, 5.74) is 0. The Balaban J connectivity index is 0. The predicted octanol–water partition coefficient (Wildman–Crippen LogP) is 17.5. The fraction of sp³-hybridized carbons (Fsp3) is 0.970. The third-order valence-electron chi connectivity index (χ3n) is 15.6. The monoisotopic (exact) mass is 1080 g/mol. The molecule has 10 nitrogen and oxygen atoms in total. The van der Waals surface area contributed by atoms with Gasteiger partial charge in [0.2, 0.25) is 0 Å². The summed E-state index contributed by atoms with van der Waals surface area (Å²) < 4.78 is 16.0. The van der Waals surface area contributed by atoms with Gasteiger partial charge >= 0.3 is 5.97 Å². The summed E-state index contributed by atoms with van der Waals surface area (Å²) in [6.45, 7) is 22.2. The van der Waals surface area contributed by atoms with E-state index >= 15 is 0 Å². The number of aliphatic carboxylic acids is 1. The quantitative estimate of drug-likeness (QED) is 0.0400. The highest BCUT2D eigenvalue weighted by Crippen LogP contribution is 2.27. The molecule has 0 amide bonds. The molecule has 6 unspecified atom stereocenters. The fourth-order valence-electron chi connectivity index (χ4n) is 10.8. The number of hydrogen-bond donors (Lipinski definition) is 3. The van der Waals surface area contributed by atoms with Crippen LogP contribution in [0.3, 0.4) is 0 Å². The van der Waals surface area contributed by atoms with Gasteiger partial charge in [-0.05, 0) is 70.5 Å². The first-order chi connectivity index (χ1) is 37.1. The maximum Gasteiger partial charge on any atom is 0.303 e. The summed E-state index contributed by atoms with van der Waals surface area (Å²) in [5, 5.41) is 30.0. The number of carboxylic acid groups (broad SMARTS) is 1. The molecule has 6 atom stereocenters. The molecule has 0 aromatic heterocycles. The lowest BCUT2D eigenvalue weighted by molar-refractivity contribution is -0.137. The van der Waals surface area contributed by atoms with E-state index in [1.807, 2.05) is 13.8 Å². The number of rotatable bonds is 53. The molecule has 0 spiro atoms. The summed E-state index contributed by atoms with van der Waals surface area (Å²) in [6.07, 6.45) is 52.8. The molecule has 0 aromatic carbocycles. The minimum atomic E-state index is -0.657. The van der Waals surface area contributed by atoms with Crippen LogP contribution in [0, 0.1) is 5.92 Å². The Bertz CT molecular complexity index is 1120. The molecular weight excluding hydrogens is 949 g/mol. The Morgan fingerprint density at radius 1 is 0.526 bits per heavy atom. The third-order valence-corrected chi connectivity index (χ3v) is 15.6. The van der Waals surface area contributed by atoms with Crippen LogP contribution in [-0.2, 0) is 23.8 Å². The average Bonchev–Trinajstić information content (AvgIpc) is 4.05. The van der Waals surface area contributed by atoms with Crippen molar-refractivity contribution in [3.8, 4) is 0 Å². The van der Waals surface area contributed by atoms with Crippen molar-refractivity contribution in [1.29, 1.82) is 0 Å². The van der Waals surface area contributed by atoms with E-state index in [-0.39, 0.29) is 24.4 Å². The highest BCUT2D eigenvalue weighted by atomic mass is 16.6. The van der Waals surface area contributed by atoms with E-state index in [2.05, 4.69) is 44.4 Å². The van der Waals surface area contributed by atoms with Crippen molar-refractivity contribution in [2.45, 2.75) is 349 Å². The van der Waals surface area contributed by atoms with Gasteiger partial charge in [-0.1, -0.05) is 260 Å². The lowest BCUT2D eigenvalue weighted by atomic mass is 10.0. The average molecular weight is 1080 g/mol. The topological polar surface area (TPSA) is 129 Å². The Kier molecular flexibility index (Phi) is 62.2. The Labute approximate surface area is 473 Å². The molecule has 3 N–H and O–H groups in total. The summed E-state index contributed by atoms with van der Waals surface area (Å²) in [5.74, 6) is 0.0684. The molecule has 456 valence electrons. The zero-order valence-electron chi connectivity index (χ0n) is 52.2. The molecule has 0 aromatic rings. The minimum Gasteiger partial charge on any atom is -0.481 e. The minimum absolute atomic E-state index is 0.174. The highest BCUT2D eigenvalue weighted by molar-refractivity contribution is 5.66. The van der Waals surface area contributed by atoms with Gasteiger partial charge in [0.15, 0.2) is 0 Å². The normalized spacial score (nSPS) is 17.1. The van der Waals surface area contributed by atoms with Crippen LogP contribution in [0.25, 0.3) is 0 Å². The molecule has 2 aliphatic rings. The predicted molar refractivity (Wildman–Crippen MR) is 326 cm³/mol. The van der Waals surface area contributed by atoms with E-state index in [0.29, 0.717) is 38.6 Å². The van der Waals surface area contributed by atoms with E-state index in [1.165, 1.54) is 212 Å². The number of methoxy groups -OCH3 is 1. The number of ether oxygens (including phenoxy) is 3. The molecule has 2 aliphatic heterocycles. The SMILES string of the molecule is CC.CCCCCCCCCCC(O)CN(CCCC=O)CC(O)CCCCCCCCCC.CCCCCCCCCCCCN(CCCC(=O)O)CC(C)CCCCCCCCCC.COC1COC2CCOC12. The second-order valence-electron chi connectivity index (χ2n) is 23.0. The van der Waals surface area contributed by atoms with Crippen molar-refractivity contribution in [1.82, 2.24) is 9.80 Å². The number of carbonyl (C=O) groups is 2. The molecule has 2 fully saturated rings. The maximum absolute atomic E-state index is 10.9. The highest BCUT2D eigenvalue weighted by Gasteiger charge is 2.41. The Morgan fingerprint density at radius 3 is 1.32 bits per heavy atom. The number of aliphatic hydroxyl groups is 2. The third kappa shape index (κ3) is 52.2. The van der Waals surface area contributed by atoms with Gasteiger partial charge < -0.3 is 39.2 Å².